The van der Waals surface area contributed by atoms with Gasteiger partial charge in [0.05, 0.1) is 5.02 Å². The zero-order valence-corrected chi connectivity index (χ0v) is 15.8. The molecule has 1 aromatic heterocycles. The van der Waals surface area contributed by atoms with Gasteiger partial charge < -0.3 is 4.74 Å². The molecule has 0 spiro atoms. The first-order valence-corrected chi connectivity index (χ1v) is 9.45. The number of benzene rings is 1. The maximum absolute atomic E-state index is 9.41. The van der Waals surface area contributed by atoms with Crippen LogP contribution in [0.5, 0.6) is 11.6 Å². The van der Waals surface area contributed by atoms with Crippen LogP contribution >= 0.6 is 23.2 Å². The van der Waals surface area contributed by atoms with E-state index in [1.165, 1.54) is 32.1 Å². The van der Waals surface area contributed by atoms with Crippen LogP contribution in [0.4, 0.5) is 0 Å². The van der Waals surface area contributed by atoms with E-state index in [0.29, 0.717) is 45.5 Å². The summed E-state index contributed by atoms with van der Waals surface area (Å²) in [6.45, 7) is 0.708. The van der Waals surface area contributed by atoms with Gasteiger partial charge in [-0.15, -0.1) is 0 Å². The fourth-order valence-corrected chi connectivity index (χ4v) is 3.35. The minimum Gasteiger partial charge on any atom is -0.437 e. The van der Waals surface area contributed by atoms with Gasteiger partial charge in [0, 0.05) is 35.5 Å². The first-order chi connectivity index (χ1) is 12.7. The van der Waals surface area contributed by atoms with Gasteiger partial charge >= 0.3 is 0 Å². The van der Waals surface area contributed by atoms with Crippen LogP contribution < -0.4 is 10.2 Å². The van der Waals surface area contributed by atoms with Gasteiger partial charge in [0.15, 0.2) is 5.84 Å². The number of amidine groups is 1. The maximum atomic E-state index is 9.41. The molecule has 1 aliphatic rings. The summed E-state index contributed by atoms with van der Waals surface area (Å²) >= 11 is 12.0. The van der Waals surface area contributed by atoms with E-state index in [0.717, 1.165) is 0 Å². The van der Waals surface area contributed by atoms with Gasteiger partial charge in [0.25, 0.3) is 0 Å². The van der Waals surface area contributed by atoms with E-state index in [2.05, 4.69) is 15.5 Å². The first-order valence-electron chi connectivity index (χ1n) is 8.69. The summed E-state index contributed by atoms with van der Waals surface area (Å²) in [4.78, 5) is 8.76. The fourth-order valence-electron chi connectivity index (χ4n) is 3.03. The van der Waals surface area contributed by atoms with E-state index < -0.39 is 0 Å². The Bertz CT molecular complexity index is 760. The highest BCUT2D eigenvalue weighted by atomic mass is 35.5. The first kappa shape index (κ1) is 19.0. The molecule has 0 amide bonds. The molecule has 0 aliphatic heterocycles. The Morgan fingerprint density at radius 3 is 2.69 bits per heavy atom. The molecule has 26 heavy (non-hydrogen) atoms. The van der Waals surface area contributed by atoms with Gasteiger partial charge in [-0.1, -0.05) is 42.5 Å². The maximum Gasteiger partial charge on any atom is 0.219 e. The summed E-state index contributed by atoms with van der Waals surface area (Å²) in [7, 11) is 0. The van der Waals surface area contributed by atoms with Crippen molar-refractivity contribution in [3.05, 3.63) is 52.1 Å². The molecule has 0 saturated heterocycles. The second kappa shape index (κ2) is 9.21. The molecule has 0 bridgehead atoms. The minimum atomic E-state index is 0.377. The number of pyridine rings is 1. The molecule has 138 valence electrons. The van der Waals surface area contributed by atoms with Crippen LogP contribution in [0, 0.1) is 5.92 Å². The van der Waals surface area contributed by atoms with Crippen LogP contribution in [-0.2, 0) is 0 Å². The third-order valence-electron chi connectivity index (χ3n) is 4.46. The Labute approximate surface area is 163 Å². The van der Waals surface area contributed by atoms with Crippen molar-refractivity contribution in [2.45, 2.75) is 32.1 Å². The van der Waals surface area contributed by atoms with Gasteiger partial charge in [-0.2, -0.15) is 0 Å². The zero-order chi connectivity index (χ0) is 18.4. The minimum absolute atomic E-state index is 0.377. The molecule has 5 nitrogen and oxygen atoms in total. The summed E-state index contributed by atoms with van der Waals surface area (Å²) in [6.07, 6.45) is 7.84. The predicted octanol–water partition coefficient (Wildman–Crippen LogP) is 5.49. The van der Waals surface area contributed by atoms with E-state index in [-0.39, 0.29) is 0 Å². The lowest BCUT2D eigenvalue weighted by molar-refractivity contribution is 0.234. The Hall–Kier alpha value is -1.82. The lowest BCUT2D eigenvalue weighted by Crippen LogP contribution is -2.22. The van der Waals surface area contributed by atoms with Crippen LogP contribution in [0.25, 0.3) is 0 Å². The highest BCUT2D eigenvalue weighted by Crippen LogP contribution is 2.31. The van der Waals surface area contributed by atoms with Gasteiger partial charge in [-0.05, 0) is 37.0 Å². The van der Waals surface area contributed by atoms with Crippen LogP contribution in [0.1, 0.15) is 37.7 Å². The summed E-state index contributed by atoms with van der Waals surface area (Å²) in [5.41, 5.74) is 2.86. The molecular formula is C19H21Cl2N3O2. The Morgan fingerprint density at radius 2 is 2.00 bits per heavy atom. The normalized spacial score (nSPS) is 15.7. The molecule has 3 rings (SSSR count). The number of hydroxylamine groups is 1. The van der Waals surface area contributed by atoms with Crippen molar-refractivity contribution in [1.29, 1.82) is 0 Å². The van der Waals surface area contributed by atoms with Crippen molar-refractivity contribution >= 4 is 29.0 Å². The average molecular weight is 394 g/mol. The number of ether oxygens (including phenoxy) is 1. The lowest BCUT2D eigenvalue weighted by atomic mass is 9.89. The van der Waals surface area contributed by atoms with Crippen molar-refractivity contribution in [1.82, 2.24) is 10.5 Å². The molecule has 1 aromatic carbocycles. The Kier molecular flexibility index (Phi) is 6.72. The summed E-state index contributed by atoms with van der Waals surface area (Å²) in [5.74, 6) is 1.82. The second-order valence-corrected chi connectivity index (χ2v) is 7.21. The summed E-state index contributed by atoms with van der Waals surface area (Å²) in [5, 5.41) is 10.4. The van der Waals surface area contributed by atoms with E-state index >= 15 is 0 Å². The third-order valence-corrected chi connectivity index (χ3v) is 5.00. The highest BCUT2D eigenvalue weighted by molar-refractivity contribution is 6.34. The van der Waals surface area contributed by atoms with Crippen molar-refractivity contribution in [2.75, 3.05) is 6.54 Å². The molecule has 1 saturated carbocycles. The lowest BCUT2D eigenvalue weighted by Gasteiger charge is -2.19. The fraction of sp³-hybridized carbons (Fsp3) is 0.368. The molecule has 0 unspecified atom stereocenters. The van der Waals surface area contributed by atoms with Gasteiger partial charge in [-0.3, -0.25) is 15.7 Å². The highest BCUT2D eigenvalue weighted by Gasteiger charge is 2.13. The van der Waals surface area contributed by atoms with E-state index in [1.807, 2.05) is 0 Å². The Balaban J connectivity index is 1.67. The van der Waals surface area contributed by atoms with Crippen LogP contribution in [0.3, 0.4) is 0 Å². The van der Waals surface area contributed by atoms with Gasteiger partial charge in [-0.25, -0.2) is 4.98 Å². The number of hydrogen-bond donors (Lipinski definition) is 2. The van der Waals surface area contributed by atoms with Crippen molar-refractivity contribution in [2.24, 2.45) is 10.9 Å². The Morgan fingerprint density at radius 1 is 1.19 bits per heavy atom. The van der Waals surface area contributed by atoms with E-state index in [4.69, 9.17) is 27.9 Å². The number of nitrogens with zero attached hydrogens (tertiary/aromatic N) is 2. The summed E-state index contributed by atoms with van der Waals surface area (Å²) in [6, 6.07) is 8.46. The largest absolute Gasteiger partial charge is 0.437 e. The quantitative estimate of drug-likeness (QED) is 0.400. The van der Waals surface area contributed by atoms with Gasteiger partial charge in [0.2, 0.25) is 5.88 Å². The molecular weight excluding hydrogens is 373 g/mol. The van der Waals surface area contributed by atoms with Crippen LogP contribution in [0.2, 0.25) is 10.0 Å². The second-order valence-electron chi connectivity index (χ2n) is 6.37. The van der Waals surface area contributed by atoms with Crippen LogP contribution in [-0.4, -0.2) is 22.6 Å². The number of hydrogen-bond acceptors (Lipinski definition) is 4. The van der Waals surface area contributed by atoms with E-state index in [1.54, 1.807) is 36.5 Å². The van der Waals surface area contributed by atoms with Crippen molar-refractivity contribution in [3.8, 4) is 11.6 Å². The topological polar surface area (TPSA) is 66.7 Å². The third kappa shape index (κ3) is 5.10. The van der Waals surface area contributed by atoms with Crippen molar-refractivity contribution < 1.29 is 9.94 Å². The SMILES string of the molecule is ONC(=NCC1CCCCC1)c1ccc(Oc2cc(Cl)ccc2Cl)nc1. The molecule has 2 N–H and O–H groups in total. The number of aromatic nitrogens is 1. The van der Waals surface area contributed by atoms with Crippen molar-refractivity contribution in [3.63, 3.8) is 0 Å². The van der Waals surface area contributed by atoms with E-state index in [9.17, 15) is 5.21 Å². The number of nitrogens with one attached hydrogen (secondary N) is 1. The predicted molar refractivity (Wildman–Crippen MR) is 104 cm³/mol. The number of halogens is 2. The standard InChI is InChI=1S/C19H21Cl2N3O2/c20-15-7-8-16(21)17(10-15)26-18-9-6-14(12-22-18)19(24-25)23-11-13-4-2-1-3-5-13/h6-10,12-13,25H,1-5,11H2,(H,23,24). The molecule has 2 aromatic rings. The van der Waals surface area contributed by atoms with Crippen LogP contribution in [0.15, 0.2) is 41.5 Å². The molecule has 1 fully saturated rings. The average Bonchev–Trinajstić information content (AvgIpc) is 2.67. The number of aliphatic imine (C=N–C) groups is 1. The molecule has 0 atom stereocenters. The zero-order valence-electron chi connectivity index (χ0n) is 14.3. The summed E-state index contributed by atoms with van der Waals surface area (Å²) < 4.78 is 5.66. The molecule has 7 heteroatoms. The molecule has 1 aliphatic carbocycles. The monoisotopic (exact) mass is 393 g/mol. The smallest absolute Gasteiger partial charge is 0.219 e. The molecule has 1 heterocycles. The molecule has 0 radical (unpaired) electrons. The number of rotatable bonds is 5. The van der Waals surface area contributed by atoms with Gasteiger partial charge in [0.1, 0.15) is 5.75 Å².